The first-order valence-electron chi connectivity index (χ1n) is 8.60. The molecular weight excluding hydrogens is 342 g/mol. The summed E-state index contributed by atoms with van der Waals surface area (Å²) in [5.74, 6) is -0.203. The van der Waals surface area contributed by atoms with Gasteiger partial charge < -0.3 is 5.32 Å². The fourth-order valence-electron chi connectivity index (χ4n) is 3.01. The number of aryl methyl sites for hydroxylation is 2. The molecule has 2 aromatic heterocycles. The third-order valence-corrected chi connectivity index (χ3v) is 4.43. The number of benzene rings is 2. The van der Waals surface area contributed by atoms with E-state index in [4.69, 9.17) is 0 Å². The van der Waals surface area contributed by atoms with Crippen LogP contribution in [0.5, 0.6) is 0 Å². The first-order chi connectivity index (χ1) is 13.1. The normalized spacial score (nSPS) is 11.0. The molecule has 0 saturated heterocycles. The molecule has 2 aromatic carbocycles. The van der Waals surface area contributed by atoms with E-state index in [1.807, 2.05) is 31.2 Å². The van der Waals surface area contributed by atoms with Gasteiger partial charge in [0.05, 0.1) is 23.1 Å². The molecule has 7 heteroatoms. The third-order valence-electron chi connectivity index (χ3n) is 4.43. The zero-order valence-corrected chi connectivity index (χ0v) is 14.7. The van der Waals surface area contributed by atoms with Crippen molar-refractivity contribution >= 4 is 33.4 Å². The molecule has 27 heavy (non-hydrogen) atoms. The van der Waals surface area contributed by atoms with E-state index in [0.29, 0.717) is 16.6 Å². The van der Waals surface area contributed by atoms with E-state index in [0.717, 1.165) is 16.5 Å². The predicted octanol–water partition coefficient (Wildman–Crippen LogP) is 2.68. The van der Waals surface area contributed by atoms with Crippen LogP contribution in [-0.2, 0) is 11.3 Å². The molecule has 0 bridgehead atoms. The van der Waals surface area contributed by atoms with Crippen molar-refractivity contribution in [2.24, 2.45) is 0 Å². The smallest absolute Gasteiger partial charge is 0.277 e. The fraction of sp³-hybridized carbons (Fsp3) is 0.150. The molecule has 4 aromatic rings. The monoisotopic (exact) mass is 359 g/mol. The van der Waals surface area contributed by atoms with Gasteiger partial charge in [0, 0.05) is 18.0 Å². The summed E-state index contributed by atoms with van der Waals surface area (Å²) in [4.78, 5) is 29.2. The van der Waals surface area contributed by atoms with E-state index in [-0.39, 0.29) is 24.4 Å². The number of rotatable bonds is 4. The molecule has 0 aliphatic heterocycles. The van der Waals surface area contributed by atoms with Crippen LogP contribution in [0.4, 0.5) is 5.69 Å². The molecular formula is C20H17N5O2. The highest BCUT2D eigenvalue weighted by molar-refractivity contribution is 6.01. The summed E-state index contributed by atoms with van der Waals surface area (Å²) in [5, 5.41) is 12.2. The summed E-state index contributed by atoms with van der Waals surface area (Å²) in [6.45, 7) is 2.14. The van der Waals surface area contributed by atoms with E-state index in [1.165, 1.54) is 4.68 Å². The second kappa shape index (κ2) is 6.95. The highest BCUT2D eigenvalue weighted by Gasteiger charge is 2.10. The maximum absolute atomic E-state index is 12.4. The van der Waals surface area contributed by atoms with Crippen LogP contribution in [0.15, 0.2) is 59.5 Å². The van der Waals surface area contributed by atoms with Crippen LogP contribution in [0, 0.1) is 6.92 Å². The molecule has 134 valence electrons. The number of anilines is 1. The van der Waals surface area contributed by atoms with E-state index in [9.17, 15) is 9.59 Å². The van der Waals surface area contributed by atoms with Crippen molar-refractivity contribution in [3.8, 4) is 0 Å². The summed E-state index contributed by atoms with van der Waals surface area (Å²) in [6.07, 6.45) is 1.84. The SMILES string of the molecule is Cc1ccc(NC(=O)CCn2nnc3ccccc3c2=O)c2cccnc12. The molecule has 2 heterocycles. The predicted molar refractivity (Wildman–Crippen MR) is 104 cm³/mol. The van der Waals surface area contributed by atoms with Crippen LogP contribution in [0.25, 0.3) is 21.8 Å². The highest BCUT2D eigenvalue weighted by atomic mass is 16.2. The molecule has 0 spiro atoms. The van der Waals surface area contributed by atoms with Crippen molar-refractivity contribution in [2.75, 3.05) is 5.32 Å². The lowest BCUT2D eigenvalue weighted by Crippen LogP contribution is -2.26. The van der Waals surface area contributed by atoms with E-state index < -0.39 is 0 Å². The van der Waals surface area contributed by atoms with Crippen LogP contribution in [0.1, 0.15) is 12.0 Å². The Kier molecular flexibility index (Phi) is 4.33. The Morgan fingerprint density at radius 3 is 2.78 bits per heavy atom. The van der Waals surface area contributed by atoms with Crippen molar-refractivity contribution in [1.29, 1.82) is 0 Å². The van der Waals surface area contributed by atoms with Crippen molar-refractivity contribution in [3.05, 3.63) is 70.6 Å². The molecule has 0 aliphatic carbocycles. The average molecular weight is 359 g/mol. The van der Waals surface area contributed by atoms with Gasteiger partial charge in [-0.25, -0.2) is 4.68 Å². The van der Waals surface area contributed by atoms with Gasteiger partial charge in [0.2, 0.25) is 5.91 Å². The van der Waals surface area contributed by atoms with Crippen molar-refractivity contribution in [1.82, 2.24) is 20.0 Å². The first kappa shape index (κ1) is 16.8. The quantitative estimate of drug-likeness (QED) is 0.605. The van der Waals surface area contributed by atoms with Gasteiger partial charge in [-0.3, -0.25) is 14.6 Å². The van der Waals surface area contributed by atoms with Gasteiger partial charge in [-0.05, 0) is 42.8 Å². The topological polar surface area (TPSA) is 89.8 Å². The van der Waals surface area contributed by atoms with Gasteiger partial charge in [0.15, 0.2) is 0 Å². The van der Waals surface area contributed by atoms with Crippen molar-refractivity contribution < 1.29 is 4.79 Å². The molecule has 0 radical (unpaired) electrons. The van der Waals surface area contributed by atoms with E-state index in [1.54, 1.807) is 30.5 Å². The number of hydrogen-bond donors (Lipinski definition) is 1. The van der Waals surface area contributed by atoms with Crippen LogP contribution < -0.4 is 10.9 Å². The highest BCUT2D eigenvalue weighted by Crippen LogP contribution is 2.24. The maximum Gasteiger partial charge on any atom is 0.277 e. The number of pyridine rings is 1. The number of fused-ring (bicyclic) bond motifs is 2. The molecule has 0 unspecified atom stereocenters. The number of carbonyl (C=O) groups is 1. The summed E-state index contributed by atoms with van der Waals surface area (Å²) in [6, 6.07) is 14.6. The Morgan fingerprint density at radius 1 is 1.07 bits per heavy atom. The fourth-order valence-corrected chi connectivity index (χ4v) is 3.01. The minimum Gasteiger partial charge on any atom is -0.325 e. The number of carbonyl (C=O) groups excluding carboxylic acids is 1. The zero-order chi connectivity index (χ0) is 18.8. The zero-order valence-electron chi connectivity index (χ0n) is 14.7. The summed E-state index contributed by atoms with van der Waals surface area (Å²) < 4.78 is 1.22. The maximum atomic E-state index is 12.4. The van der Waals surface area contributed by atoms with Gasteiger partial charge in [0.1, 0.15) is 5.52 Å². The number of nitrogens with one attached hydrogen (secondary N) is 1. The molecule has 0 saturated carbocycles. The Hall–Kier alpha value is -3.61. The number of hydrogen-bond acceptors (Lipinski definition) is 5. The van der Waals surface area contributed by atoms with Gasteiger partial charge in [-0.1, -0.05) is 23.4 Å². The van der Waals surface area contributed by atoms with E-state index in [2.05, 4.69) is 20.6 Å². The van der Waals surface area contributed by atoms with Crippen LogP contribution in [0.3, 0.4) is 0 Å². The summed E-state index contributed by atoms with van der Waals surface area (Å²) in [7, 11) is 0. The van der Waals surface area contributed by atoms with Crippen LogP contribution in [0.2, 0.25) is 0 Å². The minimum absolute atomic E-state index is 0.114. The summed E-state index contributed by atoms with van der Waals surface area (Å²) in [5.41, 5.74) is 2.89. The number of nitrogens with zero attached hydrogens (tertiary/aromatic N) is 4. The molecule has 0 fully saturated rings. The number of aromatic nitrogens is 4. The Bertz CT molecular complexity index is 1220. The minimum atomic E-state index is -0.251. The molecule has 1 N–H and O–H groups in total. The van der Waals surface area contributed by atoms with Gasteiger partial charge in [0.25, 0.3) is 5.56 Å². The second-order valence-electron chi connectivity index (χ2n) is 6.26. The largest absolute Gasteiger partial charge is 0.325 e. The van der Waals surface area contributed by atoms with Crippen LogP contribution >= 0.6 is 0 Å². The Morgan fingerprint density at radius 2 is 1.89 bits per heavy atom. The lowest BCUT2D eigenvalue weighted by atomic mass is 10.1. The molecule has 0 aliphatic rings. The molecule has 7 nitrogen and oxygen atoms in total. The summed E-state index contributed by atoms with van der Waals surface area (Å²) >= 11 is 0. The Balaban J connectivity index is 1.52. The molecule has 1 amide bonds. The number of amides is 1. The lowest BCUT2D eigenvalue weighted by molar-refractivity contribution is -0.116. The third kappa shape index (κ3) is 3.27. The van der Waals surface area contributed by atoms with Crippen LogP contribution in [-0.4, -0.2) is 25.9 Å². The lowest BCUT2D eigenvalue weighted by Gasteiger charge is -2.10. The van der Waals surface area contributed by atoms with Gasteiger partial charge in [-0.2, -0.15) is 0 Å². The van der Waals surface area contributed by atoms with Gasteiger partial charge in [-0.15, -0.1) is 5.10 Å². The first-order valence-corrected chi connectivity index (χ1v) is 8.60. The second-order valence-corrected chi connectivity index (χ2v) is 6.26. The standard InChI is InChI=1S/C20H17N5O2/c1-13-8-9-16(14-6-4-11-21-19(13)14)22-18(26)10-12-25-20(27)15-5-2-3-7-17(15)23-24-25/h2-9,11H,10,12H2,1H3,(H,22,26). The molecule has 0 atom stereocenters. The van der Waals surface area contributed by atoms with E-state index >= 15 is 0 Å². The van der Waals surface area contributed by atoms with Gasteiger partial charge >= 0.3 is 0 Å². The molecule has 4 rings (SSSR count). The van der Waals surface area contributed by atoms with Crippen molar-refractivity contribution in [3.63, 3.8) is 0 Å². The average Bonchev–Trinajstić information content (AvgIpc) is 2.70. The Labute approximate surface area is 154 Å². The van der Waals surface area contributed by atoms with Crippen molar-refractivity contribution in [2.45, 2.75) is 19.9 Å².